The topological polar surface area (TPSA) is 33.5 Å². The lowest BCUT2D eigenvalue weighted by atomic mass is 10.2. The highest BCUT2D eigenvalue weighted by atomic mass is 16.5. The van der Waals surface area contributed by atoms with Crippen LogP contribution in [-0.4, -0.2) is 65.5 Å². The number of ether oxygens (including phenoxy) is 1. The van der Waals surface area contributed by atoms with Crippen molar-refractivity contribution in [1.82, 2.24) is 19.6 Å². The summed E-state index contributed by atoms with van der Waals surface area (Å²) in [7, 11) is 0. The maximum atomic E-state index is 5.79. The maximum absolute atomic E-state index is 5.79. The van der Waals surface area contributed by atoms with E-state index in [4.69, 9.17) is 4.74 Å². The molecule has 20 heavy (non-hydrogen) atoms. The summed E-state index contributed by atoms with van der Waals surface area (Å²) in [5.41, 5.74) is 1.25. The quantitative estimate of drug-likeness (QED) is 0.812. The van der Waals surface area contributed by atoms with Crippen LogP contribution in [0, 0.1) is 0 Å². The molecule has 110 valence electrons. The van der Waals surface area contributed by atoms with Gasteiger partial charge in [0, 0.05) is 50.7 Å². The minimum Gasteiger partial charge on any atom is -0.475 e. The zero-order valence-electron chi connectivity index (χ0n) is 12.3. The number of rotatable bonds is 5. The molecule has 5 heteroatoms. The molecule has 0 N–H and O–H groups in total. The molecule has 0 radical (unpaired) electrons. The molecule has 1 aromatic heterocycles. The van der Waals surface area contributed by atoms with Gasteiger partial charge in [-0.1, -0.05) is 13.0 Å². The number of allylic oxidation sites excluding steroid dienone is 1. The first-order valence-electron chi connectivity index (χ1n) is 7.68. The smallest absolute Gasteiger partial charge is 0.233 e. The SMILES string of the molecule is CCN1CCN(CCOc2cc3n(n2)C=CCC3)CC1. The summed E-state index contributed by atoms with van der Waals surface area (Å²) in [5.74, 6) is 0.763. The van der Waals surface area contributed by atoms with Crippen LogP contribution in [0.15, 0.2) is 12.1 Å². The molecule has 0 atom stereocenters. The van der Waals surface area contributed by atoms with Crippen molar-refractivity contribution in [3.8, 4) is 5.88 Å². The van der Waals surface area contributed by atoms with Crippen LogP contribution in [0.2, 0.25) is 0 Å². The van der Waals surface area contributed by atoms with E-state index < -0.39 is 0 Å². The first kappa shape index (κ1) is 13.6. The van der Waals surface area contributed by atoms with E-state index in [9.17, 15) is 0 Å². The fourth-order valence-corrected chi connectivity index (χ4v) is 2.81. The van der Waals surface area contributed by atoms with E-state index in [-0.39, 0.29) is 0 Å². The summed E-state index contributed by atoms with van der Waals surface area (Å²) in [5, 5.41) is 4.44. The number of hydrogen-bond donors (Lipinski definition) is 0. The third-order valence-corrected chi connectivity index (χ3v) is 4.17. The Kier molecular flexibility index (Phi) is 4.38. The van der Waals surface area contributed by atoms with Crippen molar-refractivity contribution < 1.29 is 4.74 Å². The molecular weight excluding hydrogens is 252 g/mol. The van der Waals surface area contributed by atoms with Gasteiger partial charge in [0.25, 0.3) is 0 Å². The molecule has 0 amide bonds. The molecule has 3 rings (SSSR count). The van der Waals surface area contributed by atoms with Gasteiger partial charge >= 0.3 is 0 Å². The van der Waals surface area contributed by atoms with Crippen LogP contribution in [0.3, 0.4) is 0 Å². The average Bonchev–Trinajstić information content (AvgIpc) is 2.90. The summed E-state index contributed by atoms with van der Waals surface area (Å²) in [4.78, 5) is 4.97. The average molecular weight is 276 g/mol. The van der Waals surface area contributed by atoms with Crippen molar-refractivity contribution in [3.05, 3.63) is 17.8 Å². The van der Waals surface area contributed by atoms with Crippen LogP contribution in [0.1, 0.15) is 19.0 Å². The highest BCUT2D eigenvalue weighted by molar-refractivity contribution is 5.32. The van der Waals surface area contributed by atoms with E-state index in [1.54, 1.807) is 0 Å². The molecule has 3 heterocycles. The summed E-state index contributed by atoms with van der Waals surface area (Å²) < 4.78 is 7.72. The standard InChI is InChI=1S/C15H24N4O/c1-2-17-7-9-18(10-8-17)11-12-20-15-13-14-5-3-4-6-19(14)16-15/h4,6,13H,2-3,5,7-12H2,1H3. The van der Waals surface area contributed by atoms with Gasteiger partial charge in [0.05, 0.1) is 0 Å². The number of aryl methyl sites for hydroxylation is 1. The van der Waals surface area contributed by atoms with Crippen molar-refractivity contribution in [2.75, 3.05) is 45.9 Å². The molecule has 1 saturated heterocycles. The Morgan fingerprint density at radius 3 is 2.75 bits per heavy atom. The second-order valence-electron chi connectivity index (χ2n) is 5.47. The molecule has 0 spiro atoms. The molecule has 0 aliphatic carbocycles. The van der Waals surface area contributed by atoms with Crippen LogP contribution < -0.4 is 4.74 Å². The van der Waals surface area contributed by atoms with Crippen molar-refractivity contribution in [1.29, 1.82) is 0 Å². The Balaban J connectivity index is 1.42. The molecule has 0 aromatic carbocycles. The van der Waals surface area contributed by atoms with E-state index in [2.05, 4.69) is 34.0 Å². The number of piperazine rings is 1. The van der Waals surface area contributed by atoms with E-state index >= 15 is 0 Å². The second kappa shape index (κ2) is 6.41. The van der Waals surface area contributed by atoms with Gasteiger partial charge in [-0.2, -0.15) is 0 Å². The van der Waals surface area contributed by atoms with Crippen LogP contribution in [0.5, 0.6) is 5.88 Å². The van der Waals surface area contributed by atoms with Crippen molar-refractivity contribution >= 4 is 6.20 Å². The molecule has 1 aromatic rings. The molecule has 2 aliphatic rings. The minimum absolute atomic E-state index is 0.728. The van der Waals surface area contributed by atoms with Crippen LogP contribution >= 0.6 is 0 Å². The monoisotopic (exact) mass is 276 g/mol. The number of hydrogen-bond acceptors (Lipinski definition) is 4. The normalized spacial score (nSPS) is 20.1. The van der Waals surface area contributed by atoms with Crippen molar-refractivity contribution in [3.63, 3.8) is 0 Å². The number of aromatic nitrogens is 2. The Hall–Kier alpha value is -1.33. The largest absolute Gasteiger partial charge is 0.475 e. The summed E-state index contributed by atoms with van der Waals surface area (Å²) >= 11 is 0. The molecular formula is C15H24N4O. The van der Waals surface area contributed by atoms with Crippen molar-refractivity contribution in [2.45, 2.75) is 19.8 Å². The number of nitrogens with zero attached hydrogens (tertiary/aromatic N) is 4. The zero-order chi connectivity index (χ0) is 13.8. The second-order valence-corrected chi connectivity index (χ2v) is 5.47. The lowest BCUT2D eigenvalue weighted by Gasteiger charge is -2.33. The maximum Gasteiger partial charge on any atom is 0.233 e. The van der Waals surface area contributed by atoms with Gasteiger partial charge < -0.3 is 9.64 Å². The summed E-state index contributed by atoms with van der Waals surface area (Å²) in [6.45, 7) is 9.78. The third-order valence-electron chi connectivity index (χ3n) is 4.17. The highest BCUT2D eigenvalue weighted by Gasteiger charge is 2.15. The fraction of sp³-hybridized carbons (Fsp3) is 0.667. The molecule has 5 nitrogen and oxygen atoms in total. The lowest BCUT2D eigenvalue weighted by molar-refractivity contribution is 0.120. The summed E-state index contributed by atoms with van der Waals surface area (Å²) in [6.07, 6.45) is 6.34. The van der Waals surface area contributed by atoms with Crippen LogP contribution in [-0.2, 0) is 6.42 Å². The Morgan fingerprint density at radius 1 is 1.20 bits per heavy atom. The van der Waals surface area contributed by atoms with E-state index in [1.807, 2.05) is 10.9 Å². The molecule has 0 bridgehead atoms. The third kappa shape index (κ3) is 3.22. The van der Waals surface area contributed by atoms with Gasteiger partial charge in [-0.05, 0) is 19.4 Å². The number of fused-ring (bicyclic) bond motifs is 1. The van der Waals surface area contributed by atoms with E-state index in [0.29, 0.717) is 0 Å². The fourth-order valence-electron chi connectivity index (χ4n) is 2.81. The van der Waals surface area contributed by atoms with Gasteiger partial charge in [-0.3, -0.25) is 4.90 Å². The van der Waals surface area contributed by atoms with Crippen LogP contribution in [0.25, 0.3) is 6.20 Å². The highest BCUT2D eigenvalue weighted by Crippen LogP contribution is 2.17. The van der Waals surface area contributed by atoms with E-state index in [1.165, 1.54) is 18.8 Å². The van der Waals surface area contributed by atoms with Gasteiger partial charge in [-0.25, -0.2) is 4.68 Å². The Morgan fingerprint density at radius 2 is 2.00 bits per heavy atom. The predicted molar refractivity (Wildman–Crippen MR) is 79.9 cm³/mol. The summed E-state index contributed by atoms with van der Waals surface area (Å²) in [6, 6.07) is 2.07. The zero-order valence-corrected chi connectivity index (χ0v) is 12.3. The predicted octanol–water partition coefficient (Wildman–Crippen LogP) is 1.32. The molecule has 0 saturated carbocycles. The van der Waals surface area contributed by atoms with Gasteiger partial charge in [0.15, 0.2) is 0 Å². The van der Waals surface area contributed by atoms with Crippen LogP contribution in [0.4, 0.5) is 0 Å². The van der Waals surface area contributed by atoms with Gasteiger partial charge in [0.1, 0.15) is 6.61 Å². The van der Waals surface area contributed by atoms with E-state index in [0.717, 1.165) is 51.5 Å². The number of likely N-dealkylation sites (N-methyl/N-ethyl adjacent to an activating group) is 1. The van der Waals surface area contributed by atoms with Crippen molar-refractivity contribution in [2.24, 2.45) is 0 Å². The Labute approximate surface area is 120 Å². The first-order chi connectivity index (χ1) is 9.85. The van der Waals surface area contributed by atoms with Gasteiger partial charge in [-0.15, -0.1) is 5.10 Å². The van der Waals surface area contributed by atoms with Gasteiger partial charge in [0.2, 0.25) is 5.88 Å². The lowest BCUT2D eigenvalue weighted by Crippen LogP contribution is -2.47. The first-order valence-corrected chi connectivity index (χ1v) is 7.68. The molecule has 2 aliphatic heterocycles. The Bertz CT molecular complexity index is 460. The molecule has 1 fully saturated rings. The molecule has 0 unspecified atom stereocenters. The minimum atomic E-state index is 0.728.